The second kappa shape index (κ2) is 5.01. The van der Waals surface area contributed by atoms with Crippen molar-refractivity contribution in [3.8, 4) is 11.6 Å². The third-order valence-electron chi connectivity index (χ3n) is 2.30. The molecule has 2 aromatic rings. The van der Waals surface area contributed by atoms with Crippen molar-refractivity contribution in [1.82, 2.24) is 9.97 Å². The Morgan fingerprint density at radius 3 is 2.89 bits per heavy atom. The van der Waals surface area contributed by atoms with Crippen LogP contribution in [0.1, 0.15) is 15.9 Å². The lowest BCUT2D eigenvalue weighted by Gasteiger charge is -2.09. The lowest BCUT2D eigenvalue weighted by Crippen LogP contribution is -1.99. The van der Waals surface area contributed by atoms with Crippen molar-refractivity contribution in [1.29, 1.82) is 0 Å². The largest absolute Gasteiger partial charge is 0.436 e. The number of nitrogens with two attached hydrogens (primary N) is 1. The van der Waals surface area contributed by atoms with Gasteiger partial charge in [0.15, 0.2) is 11.4 Å². The third kappa shape index (κ3) is 2.41. The van der Waals surface area contributed by atoms with E-state index >= 15 is 0 Å². The zero-order valence-corrected chi connectivity index (χ0v) is 10.3. The van der Waals surface area contributed by atoms with Gasteiger partial charge in [-0.25, -0.2) is 4.98 Å². The Balaban J connectivity index is 2.40. The summed E-state index contributed by atoms with van der Waals surface area (Å²) in [4.78, 5) is 18.5. The second-order valence-corrected chi connectivity index (χ2v) is 4.00. The van der Waals surface area contributed by atoms with Crippen LogP contribution in [0.15, 0.2) is 24.5 Å². The van der Waals surface area contributed by atoms with Gasteiger partial charge >= 0.3 is 0 Å². The smallest absolute Gasteiger partial charge is 0.247 e. The van der Waals surface area contributed by atoms with Gasteiger partial charge < -0.3 is 10.5 Å². The lowest BCUT2D eigenvalue weighted by molar-refractivity contribution is 0.112. The van der Waals surface area contributed by atoms with Crippen LogP contribution >= 0.6 is 11.6 Å². The van der Waals surface area contributed by atoms with E-state index in [0.717, 1.165) is 5.56 Å². The highest BCUT2D eigenvalue weighted by molar-refractivity contribution is 6.32. The van der Waals surface area contributed by atoms with E-state index in [1.165, 1.54) is 6.33 Å². The number of aromatic nitrogens is 2. The van der Waals surface area contributed by atoms with Crippen LogP contribution in [0, 0.1) is 6.92 Å². The molecule has 0 atom stereocenters. The van der Waals surface area contributed by atoms with Gasteiger partial charge in [0, 0.05) is 0 Å². The molecule has 1 heterocycles. The summed E-state index contributed by atoms with van der Waals surface area (Å²) >= 11 is 5.75. The highest BCUT2D eigenvalue weighted by atomic mass is 35.5. The summed E-state index contributed by atoms with van der Waals surface area (Å²) < 4.78 is 5.48. The van der Waals surface area contributed by atoms with Gasteiger partial charge in [0.25, 0.3) is 0 Å². The van der Waals surface area contributed by atoms with Crippen LogP contribution in [0.3, 0.4) is 0 Å². The van der Waals surface area contributed by atoms with Crippen molar-refractivity contribution in [3.05, 3.63) is 40.8 Å². The van der Waals surface area contributed by atoms with E-state index in [-0.39, 0.29) is 16.7 Å². The zero-order valence-electron chi connectivity index (χ0n) is 9.55. The average molecular weight is 264 g/mol. The molecule has 0 saturated carbocycles. The molecule has 0 aliphatic carbocycles. The topological polar surface area (TPSA) is 78.1 Å². The number of aldehydes is 1. The van der Waals surface area contributed by atoms with E-state index in [9.17, 15) is 4.79 Å². The first kappa shape index (κ1) is 12.3. The molecule has 0 saturated heterocycles. The minimum absolute atomic E-state index is 0.111. The number of rotatable bonds is 3. The minimum atomic E-state index is 0.111. The number of hydrogen-bond acceptors (Lipinski definition) is 5. The molecule has 18 heavy (non-hydrogen) atoms. The van der Waals surface area contributed by atoms with Crippen molar-refractivity contribution in [2.45, 2.75) is 6.92 Å². The van der Waals surface area contributed by atoms with Gasteiger partial charge in [-0.1, -0.05) is 23.2 Å². The van der Waals surface area contributed by atoms with Crippen molar-refractivity contribution < 1.29 is 9.53 Å². The molecule has 0 radical (unpaired) electrons. The fourth-order valence-corrected chi connectivity index (χ4v) is 1.52. The molecule has 0 fully saturated rings. The van der Waals surface area contributed by atoms with E-state index in [4.69, 9.17) is 22.1 Å². The van der Waals surface area contributed by atoms with Crippen LogP contribution in [-0.4, -0.2) is 16.3 Å². The minimum Gasteiger partial charge on any atom is -0.436 e. The first-order chi connectivity index (χ1) is 8.61. The predicted octanol–water partition coefficient (Wildman–Crippen LogP) is 2.63. The number of benzene rings is 1. The number of ether oxygens (including phenoxy) is 1. The molecule has 0 unspecified atom stereocenters. The normalized spacial score (nSPS) is 10.1. The highest BCUT2D eigenvalue weighted by Crippen LogP contribution is 2.30. The van der Waals surface area contributed by atoms with Gasteiger partial charge in [-0.15, -0.1) is 0 Å². The van der Waals surface area contributed by atoms with Crippen molar-refractivity contribution in [2.75, 3.05) is 5.73 Å². The molecular formula is C12H10ClN3O2. The Kier molecular flexibility index (Phi) is 3.43. The summed E-state index contributed by atoms with van der Waals surface area (Å²) in [6.07, 6.45) is 1.95. The van der Waals surface area contributed by atoms with Crippen molar-refractivity contribution in [3.63, 3.8) is 0 Å². The molecule has 2 N–H and O–H groups in total. The average Bonchev–Trinajstić information content (AvgIpc) is 2.37. The fourth-order valence-electron chi connectivity index (χ4n) is 1.40. The van der Waals surface area contributed by atoms with Crippen molar-refractivity contribution >= 4 is 23.6 Å². The third-order valence-corrected chi connectivity index (χ3v) is 2.60. The fraction of sp³-hybridized carbons (Fsp3) is 0.0833. The van der Waals surface area contributed by atoms with Crippen molar-refractivity contribution in [2.24, 2.45) is 0 Å². The zero-order chi connectivity index (χ0) is 13.1. The molecule has 0 amide bonds. The van der Waals surface area contributed by atoms with Gasteiger partial charge in [0.05, 0.1) is 5.56 Å². The molecule has 1 aromatic carbocycles. The number of halogens is 1. The Hall–Kier alpha value is -2.14. The van der Waals surface area contributed by atoms with E-state index in [2.05, 4.69) is 9.97 Å². The highest BCUT2D eigenvalue weighted by Gasteiger charge is 2.11. The number of nitrogen functional groups attached to an aromatic ring is 1. The molecule has 92 valence electrons. The predicted molar refractivity (Wildman–Crippen MR) is 68.1 cm³/mol. The summed E-state index contributed by atoms with van der Waals surface area (Å²) in [6.45, 7) is 1.88. The molecular weight excluding hydrogens is 254 g/mol. The van der Waals surface area contributed by atoms with E-state index in [0.29, 0.717) is 17.6 Å². The summed E-state index contributed by atoms with van der Waals surface area (Å²) in [5.74, 6) is 0.499. The molecule has 2 rings (SSSR count). The number of hydrogen-bond donors (Lipinski definition) is 1. The van der Waals surface area contributed by atoms with Gasteiger partial charge in [0.2, 0.25) is 5.88 Å². The molecule has 6 heteroatoms. The van der Waals surface area contributed by atoms with Crippen LogP contribution in [0.25, 0.3) is 0 Å². The van der Waals surface area contributed by atoms with E-state index in [1.54, 1.807) is 12.1 Å². The van der Waals surface area contributed by atoms with Crippen LogP contribution < -0.4 is 10.5 Å². The molecule has 1 aromatic heterocycles. The maximum atomic E-state index is 11.0. The first-order valence-corrected chi connectivity index (χ1v) is 5.49. The first-order valence-electron chi connectivity index (χ1n) is 5.11. The number of aryl methyl sites for hydroxylation is 1. The van der Waals surface area contributed by atoms with Gasteiger partial charge in [-0.2, -0.15) is 4.98 Å². The molecule has 0 aliphatic heterocycles. The van der Waals surface area contributed by atoms with Crippen LogP contribution in [-0.2, 0) is 0 Å². The van der Waals surface area contributed by atoms with Gasteiger partial charge in [-0.05, 0) is 19.1 Å². The van der Waals surface area contributed by atoms with Gasteiger partial charge in [0.1, 0.15) is 17.8 Å². The molecule has 0 aliphatic rings. The quantitative estimate of drug-likeness (QED) is 0.680. The summed E-state index contributed by atoms with van der Waals surface area (Å²) in [6, 6.07) is 5.21. The Morgan fingerprint density at radius 2 is 2.17 bits per heavy atom. The number of anilines is 1. The van der Waals surface area contributed by atoms with E-state index < -0.39 is 0 Å². The van der Waals surface area contributed by atoms with Gasteiger partial charge in [-0.3, -0.25) is 4.79 Å². The maximum absolute atomic E-state index is 11.0. The molecule has 0 spiro atoms. The number of carbonyl (C=O) groups excluding carboxylic acids is 1. The van der Waals surface area contributed by atoms with Crippen LogP contribution in [0.2, 0.25) is 5.15 Å². The van der Waals surface area contributed by atoms with Crippen LogP contribution in [0.4, 0.5) is 5.69 Å². The number of nitrogens with zero attached hydrogens (tertiary/aromatic N) is 2. The molecule has 0 bridgehead atoms. The van der Waals surface area contributed by atoms with Crippen LogP contribution in [0.5, 0.6) is 11.6 Å². The summed E-state index contributed by atoms with van der Waals surface area (Å²) in [5.41, 5.74) is 7.19. The lowest BCUT2D eigenvalue weighted by atomic mass is 10.1. The standard InChI is InChI=1S/C12H10ClN3O2/c1-7-2-3-9(8(4-7)5-17)18-12-10(14)11(13)15-6-16-12/h2-6H,14H2,1H3. The SMILES string of the molecule is Cc1ccc(Oc2ncnc(Cl)c2N)c(C=O)c1. The Bertz CT molecular complexity index is 602. The number of carbonyl (C=O) groups is 1. The summed E-state index contributed by atoms with van der Waals surface area (Å²) in [5, 5.41) is 0.111. The maximum Gasteiger partial charge on any atom is 0.247 e. The monoisotopic (exact) mass is 263 g/mol. The molecule has 5 nitrogen and oxygen atoms in total. The Morgan fingerprint density at radius 1 is 1.39 bits per heavy atom. The Labute approximate surface area is 109 Å². The summed E-state index contributed by atoms with van der Waals surface area (Å²) in [7, 11) is 0. The van der Waals surface area contributed by atoms with E-state index in [1.807, 2.05) is 13.0 Å². The second-order valence-electron chi connectivity index (χ2n) is 3.64.